The zero-order chi connectivity index (χ0) is 11.1. The molecule has 0 spiro atoms. The predicted octanol–water partition coefficient (Wildman–Crippen LogP) is 4.86. The number of aliphatic hydroxyl groups excluding tert-OH is 1. The summed E-state index contributed by atoms with van der Waals surface area (Å²) in [5.74, 6) is 0.380. The minimum Gasteiger partial charge on any atom is -0.513 e. The largest absolute Gasteiger partial charge is 0.513 e. The van der Waals surface area contributed by atoms with E-state index >= 15 is 0 Å². The van der Waals surface area contributed by atoms with Gasteiger partial charge in [0.1, 0.15) is 0 Å². The van der Waals surface area contributed by atoms with E-state index in [2.05, 4.69) is 32.9 Å². The van der Waals surface area contributed by atoms with E-state index in [1.54, 1.807) is 19.9 Å². The molecule has 1 N–H and O–H groups in total. The molecular formula is C12H26O. The van der Waals surface area contributed by atoms with Crippen LogP contribution in [0, 0.1) is 0 Å². The molecule has 1 nitrogen and oxygen atoms in total. The molecule has 1 heteroatoms. The van der Waals surface area contributed by atoms with Crippen molar-refractivity contribution >= 4 is 0 Å². The second-order valence-corrected chi connectivity index (χ2v) is 2.61. The lowest BCUT2D eigenvalue weighted by Crippen LogP contribution is -1.60. The molecule has 0 rings (SSSR count). The van der Waals surface area contributed by atoms with E-state index in [1.165, 1.54) is 6.42 Å². The Hall–Kier alpha value is -0.720. The van der Waals surface area contributed by atoms with Gasteiger partial charge in [-0.2, -0.15) is 0 Å². The van der Waals surface area contributed by atoms with E-state index in [0.717, 1.165) is 6.42 Å². The summed E-state index contributed by atoms with van der Waals surface area (Å²) in [7, 11) is 0. The van der Waals surface area contributed by atoms with Gasteiger partial charge in [0.2, 0.25) is 0 Å². The number of rotatable bonds is 1. The molecule has 0 aliphatic carbocycles. The fourth-order valence-electron chi connectivity index (χ4n) is 0.236. The predicted molar refractivity (Wildman–Crippen MR) is 63.1 cm³/mol. The Morgan fingerprint density at radius 1 is 1.15 bits per heavy atom. The summed E-state index contributed by atoms with van der Waals surface area (Å²) in [4.78, 5) is 0. The fourth-order valence-corrected chi connectivity index (χ4v) is 0.236. The SMILES string of the molecule is C/C=C(\C)O.C/C=C/CC.CCC. The van der Waals surface area contributed by atoms with Gasteiger partial charge in [-0.25, -0.2) is 0 Å². The number of aliphatic hydroxyl groups is 1. The van der Waals surface area contributed by atoms with Crippen molar-refractivity contribution in [3.05, 3.63) is 24.0 Å². The standard InChI is InChI=1S/C5H10.C4H8O.C3H8/c1-3-5-4-2;1-3-4(2)5;1-3-2/h3,5H,4H2,1-2H3;3,5H,1-2H3;3H2,1-2H3/b5-3+;4-3+;. The van der Waals surface area contributed by atoms with Gasteiger partial charge in [-0.15, -0.1) is 0 Å². The number of allylic oxidation sites excluding steroid dienone is 4. The van der Waals surface area contributed by atoms with Gasteiger partial charge in [0.25, 0.3) is 0 Å². The highest BCUT2D eigenvalue weighted by Gasteiger charge is 1.63. The van der Waals surface area contributed by atoms with Gasteiger partial charge in [-0.1, -0.05) is 45.4 Å². The van der Waals surface area contributed by atoms with Crippen molar-refractivity contribution in [3.8, 4) is 0 Å². The van der Waals surface area contributed by atoms with Crippen LogP contribution in [0.2, 0.25) is 0 Å². The summed E-state index contributed by atoms with van der Waals surface area (Å²) >= 11 is 0. The van der Waals surface area contributed by atoms with Crippen LogP contribution < -0.4 is 0 Å². The molecule has 0 atom stereocenters. The van der Waals surface area contributed by atoms with Crippen LogP contribution in [0.15, 0.2) is 24.0 Å². The van der Waals surface area contributed by atoms with E-state index < -0.39 is 0 Å². The average Bonchev–Trinajstić information content (AvgIpc) is 2.08. The molecule has 0 bridgehead atoms. The van der Waals surface area contributed by atoms with Gasteiger partial charge in [0.15, 0.2) is 0 Å². The molecule has 0 aromatic heterocycles. The van der Waals surface area contributed by atoms with Crippen molar-refractivity contribution in [2.24, 2.45) is 0 Å². The Balaban J connectivity index is -0.000000120. The minimum atomic E-state index is 0.380. The lowest BCUT2D eigenvalue weighted by molar-refractivity contribution is 0.413. The normalized spacial score (nSPS) is 9.85. The molecule has 0 saturated heterocycles. The van der Waals surface area contributed by atoms with Gasteiger partial charge in [-0.3, -0.25) is 0 Å². The quantitative estimate of drug-likeness (QED) is 0.458. The summed E-state index contributed by atoms with van der Waals surface area (Å²) < 4.78 is 0. The Kier molecular flexibility index (Phi) is 31.4. The van der Waals surface area contributed by atoms with Crippen LogP contribution in [-0.4, -0.2) is 5.11 Å². The van der Waals surface area contributed by atoms with Crippen molar-refractivity contribution in [1.82, 2.24) is 0 Å². The van der Waals surface area contributed by atoms with E-state index in [4.69, 9.17) is 5.11 Å². The van der Waals surface area contributed by atoms with Crippen LogP contribution in [0.3, 0.4) is 0 Å². The van der Waals surface area contributed by atoms with Crippen molar-refractivity contribution < 1.29 is 5.11 Å². The lowest BCUT2D eigenvalue weighted by atomic mass is 10.4. The monoisotopic (exact) mass is 186 g/mol. The summed E-state index contributed by atoms with van der Waals surface area (Å²) in [5.41, 5.74) is 0. The van der Waals surface area contributed by atoms with E-state index in [9.17, 15) is 0 Å². The molecule has 0 amide bonds. The zero-order valence-electron chi connectivity index (χ0n) is 10.1. The molecular weight excluding hydrogens is 160 g/mol. The topological polar surface area (TPSA) is 20.2 Å². The maximum Gasteiger partial charge on any atom is 0.0849 e. The molecule has 13 heavy (non-hydrogen) atoms. The average molecular weight is 186 g/mol. The van der Waals surface area contributed by atoms with E-state index in [-0.39, 0.29) is 0 Å². The van der Waals surface area contributed by atoms with Crippen LogP contribution in [-0.2, 0) is 0 Å². The highest BCUT2D eigenvalue weighted by Crippen LogP contribution is 1.77. The summed E-state index contributed by atoms with van der Waals surface area (Å²) in [6.45, 7) is 11.8. The van der Waals surface area contributed by atoms with Gasteiger partial charge in [-0.05, 0) is 27.2 Å². The first-order valence-electron chi connectivity index (χ1n) is 5.03. The smallest absolute Gasteiger partial charge is 0.0849 e. The summed E-state index contributed by atoms with van der Waals surface area (Å²) in [5, 5.41) is 8.22. The minimum absolute atomic E-state index is 0.380. The molecule has 80 valence electrons. The zero-order valence-corrected chi connectivity index (χ0v) is 10.1. The Morgan fingerprint density at radius 3 is 1.46 bits per heavy atom. The molecule has 0 aromatic rings. The van der Waals surface area contributed by atoms with E-state index in [0.29, 0.717) is 5.76 Å². The Morgan fingerprint density at radius 2 is 1.46 bits per heavy atom. The van der Waals surface area contributed by atoms with Crippen LogP contribution in [0.4, 0.5) is 0 Å². The van der Waals surface area contributed by atoms with Crippen LogP contribution >= 0.6 is 0 Å². The van der Waals surface area contributed by atoms with Crippen molar-refractivity contribution in [3.63, 3.8) is 0 Å². The van der Waals surface area contributed by atoms with Crippen molar-refractivity contribution in [2.75, 3.05) is 0 Å². The van der Waals surface area contributed by atoms with Gasteiger partial charge in [0.05, 0.1) is 5.76 Å². The Bertz CT molecular complexity index is 108. The molecule has 0 aromatic carbocycles. The molecule has 0 heterocycles. The number of hydrogen-bond acceptors (Lipinski definition) is 1. The maximum atomic E-state index is 8.22. The highest BCUT2D eigenvalue weighted by atomic mass is 16.3. The molecule has 0 saturated carbocycles. The third-order valence-corrected chi connectivity index (χ3v) is 0.889. The van der Waals surface area contributed by atoms with Crippen LogP contribution in [0.25, 0.3) is 0 Å². The van der Waals surface area contributed by atoms with E-state index in [1.807, 2.05) is 6.92 Å². The molecule has 0 aliphatic rings. The molecule has 0 radical (unpaired) electrons. The summed E-state index contributed by atoms with van der Waals surface area (Å²) in [6, 6.07) is 0. The second-order valence-electron chi connectivity index (χ2n) is 2.61. The van der Waals surface area contributed by atoms with Crippen LogP contribution in [0.5, 0.6) is 0 Å². The maximum absolute atomic E-state index is 8.22. The first-order valence-corrected chi connectivity index (χ1v) is 5.03. The molecule has 0 fully saturated rings. The van der Waals surface area contributed by atoms with Gasteiger partial charge >= 0.3 is 0 Å². The highest BCUT2D eigenvalue weighted by molar-refractivity contribution is 4.80. The van der Waals surface area contributed by atoms with Crippen molar-refractivity contribution in [2.45, 2.75) is 54.4 Å². The molecule has 0 aliphatic heterocycles. The third kappa shape index (κ3) is 90.3. The fraction of sp³-hybridized carbons (Fsp3) is 0.667. The Labute approximate surface area is 84.2 Å². The van der Waals surface area contributed by atoms with Gasteiger partial charge in [0, 0.05) is 0 Å². The number of hydrogen-bond donors (Lipinski definition) is 1. The third-order valence-electron chi connectivity index (χ3n) is 0.889. The second kappa shape index (κ2) is 22.5. The lowest BCUT2D eigenvalue weighted by Gasteiger charge is -1.75. The van der Waals surface area contributed by atoms with Crippen molar-refractivity contribution in [1.29, 1.82) is 0 Å². The van der Waals surface area contributed by atoms with Crippen LogP contribution in [0.1, 0.15) is 54.4 Å². The van der Waals surface area contributed by atoms with Gasteiger partial charge < -0.3 is 5.11 Å². The molecule has 0 unspecified atom stereocenters. The first-order chi connectivity index (χ1) is 6.10. The first kappa shape index (κ1) is 18.1. The summed E-state index contributed by atoms with van der Waals surface area (Å²) in [6.07, 6.45) is 8.23.